The molecule has 23 heavy (non-hydrogen) atoms. The van der Waals surface area contributed by atoms with E-state index in [9.17, 15) is 0 Å². The van der Waals surface area contributed by atoms with Crippen LogP contribution in [0.4, 0.5) is 5.69 Å². The highest BCUT2D eigenvalue weighted by Crippen LogP contribution is 2.41. The van der Waals surface area contributed by atoms with Crippen LogP contribution in [0.2, 0.25) is 5.02 Å². The van der Waals surface area contributed by atoms with Crippen molar-refractivity contribution in [1.82, 2.24) is 10.2 Å². The van der Waals surface area contributed by atoms with Crippen molar-refractivity contribution in [3.8, 4) is 0 Å². The molecule has 1 saturated heterocycles. The third-order valence-electron chi connectivity index (χ3n) is 5.46. The minimum atomic E-state index is 0.487. The van der Waals surface area contributed by atoms with E-state index < -0.39 is 0 Å². The number of nitrogens with zero attached hydrogens (tertiary/aromatic N) is 2. The maximum absolute atomic E-state index is 6.74. The van der Waals surface area contributed by atoms with Crippen LogP contribution in [0.1, 0.15) is 43.7 Å². The predicted molar refractivity (Wildman–Crippen MR) is 99.5 cm³/mol. The van der Waals surface area contributed by atoms with Crippen LogP contribution in [0.3, 0.4) is 0 Å². The molecular formula is C19H30ClN3. The van der Waals surface area contributed by atoms with Crippen LogP contribution >= 0.6 is 11.6 Å². The lowest BCUT2D eigenvalue weighted by molar-refractivity contribution is 0.103. The third kappa shape index (κ3) is 4.01. The highest BCUT2D eigenvalue weighted by Gasteiger charge is 2.32. The van der Waals surface area contributed by atoms with E-state index in [-0.39, 0.29) is 0 Å². The predicted octanol–water partition coefficient (Wildman–Crippen LogP) is 3.93. The molecule has 0 amide bonds. The number of nitrogens with one attached hydrogen (secondary N) is 1. The first-order valence-corrected chi connectivity index (χ1v) is 9.46. The summed E-state index contributed by atoms with van der Waals surface area (Å²) in [4.78, 5) is 4.79. The van der Waals surface area contributed by atoms with Crippen LogP contribution in [0.15, 0.2) is 18.2 Å². The first-order chi connectivity index (χ1) is 11.2. The van der Waals surface area contributed by atoms with E-state index in [1.165, 1.54) is 43.4 Å². The summed E-state index contributed by atoms with van der Waals surface area (Å²) in [5.74, 6) is 0.754. The topological polar surface area (TPSA) is 18.5 Å². The molecule has 0 radical (unpaired) electrons. The molecular weight excluding hydrogens is 306 g/mol. The maximum Gasteiger partial charge on any atom is 0.0474 e. The molecule has 1 N–H and O–H groups in total. The van der Waals surface area contributed by atoms with Crippen molar-refractivity contribution in [2.45, 2.75) is 38.1 Å². The van der Waals surface area contributed by atoms with Crippen molar-refractivity contribution in [3.63, 3.8) is 0 Å². The van der Waals surface area contributed by atoms with E-state index in [1.807, 2.05) is 0 Å². The van der Waals surface area contributed by atoms with Gasteiger partial charge in [-0.25, -0.2) is 0 Å². The molecule has 128 valence electrons. The second-order valence-electron chi connectivity index (χ2n) is 7.23. The zero-order chi connectivity index (χ0) is 16.2. The minimum absolute atomic E-state index is 0.487. The molecule has 1 aromatic rings. The average Bonchev–Trinajstić information content (AvgIpc) is 2.58. The summed E-state index contributed by atoms with van der Waals surface area (Å²) in [5.41, 5.74) is 2.52. The smallest absolute Gasteiger partial charge is 0.0474 e. The van der Waals surface area contributed by atoms with Gasteiger partial charge in [0.25, 0.3) is 0 Å². The van der Waals surface area contributed by atoms with Crippen LogP contribution < -0.4 is 10.2 Å². The Kier molecular flexibility index (Phi) is 5.84. The first kappa shape index (κ1) is 17.1. The average molecular weight is 336 g/mol. The lowest BCUT2D eigenvalue weighted by atomic mass is 9.80. The normalized spacial score (nSPS) is 22.0. The monoisotopic (exact) mass is 335 g/mol. The molecule has 3 nitrogen and oxygen atoms in total. The van der Waals surface area contributed by atoms with Crippen LogP contribution in [-0.4, -0.2) is 45.2 Å². The van der Waals surface area contributed by atoms with Crippen molar-refractivity contribution in [1.29, 1.82) is 0 Å². The zero-order valence-corrected chi connectivity index (χ0v) is 15.3. The van der Waals surface area contributed by atoms with Gasteiger partial charge in [-0.15, -0.1) is 0 Å². The second-order valence-corrected chi connectivity index (χ2v) is 7.64. The maximum atomic E-state index is 6.74. The molecule has 1 aliphatic carbocycles. The lowest BCUT2D eigenvalue weighted by Gasteiger charge is -2.41. The summed E-state index contributed by atoms with van der Waals surface area (Å²) in [5, 5.41) is 4.42. The quantitative estimate of drug-likeness (QED) is 0.899. The summed E-state index contributed by atoms with van der Waals surface area (Å²) in [7, 11) is 4.14. The number of halogens is 1. The Bertz CT molecular complexity index is 487. The van der Waals surface area contributed by atoms with Crippen LogP contribution in [0.25, 0.3) is 0 Å². The molecule has 3 rings (SSSR count). The Morgan fingerprint density at radius 2 is 1.83 bits per heavy atom. The van der Waals surface area contributed by atoms with E-state index >= 15 is 0 Å². The van der Waals surface area contributed by atoms with Crippen LogP contribution in [0.5, 0.6) is 0 Å². The van der Waals surface area contributed by atoms with Gasteiger partial charge < -0.3 is 10.2 Å². The Hall–Kier alpha value is -0.770. The number of hydrogen-bond donors (Lipinski definition) is 1. The van der Waals surface area contributed by atoms with Crippen molar-refractivity contribution in [2.75, 3.05) is 45.2 Å². The summed E-state index contributed by atoms with van der Waals surface area (Å²) in [6, 6.07) is 7.12. The van der Waals surface area contributed by atoms with E-state index in [4.69, 9.17) is 11.6 Å². The Balaban J connectivity index is 1.90. The Labute approximate surface area is 146 Å². The van der Waals surface area contributed by atoms with Crippen molar-refractivity contribution in [3.05, 3.63) is 28.8 Å². The fourth-order valence-corrected chi connectivity index (χ4v) is 4.48. The fraction of sp³-hybridized carbons (Fsp3) is 0.684. The van der Waals surface area contributed by atoms with E-state index in [1.54, 1.807) is 0 Å². The molecule has 2 aliphatic rings. The summed E-state index contributed by atoms with van der Waals surface area (Å²) in [6.45, 7) is 4.45. The zero-order valence-electron chi connectivity index (χ0n) is 14.5. The summed E-state index contributed by atoms with van der Waals surface area (Å²) >= 11 is 6.74. The Morgan fingerprint density at radius 1 is 1.13 bits per heavy atom. The van der Waals surface area contributed by atoms with Crippen molar-refractivity contribution < 1.29 is 0 Å². The van der Waals surface area contributed by atoms with Crippen LogP contribution in [0, 0.1) is 5.92 Å². The second kappa shape index (κ2) is 7.87. The minimum Gasteiger partial charge on any atom is -0.378 e. The van der Waals surface area contributed by atoms with Gasteiger partial charge in [0, 0.05) is 57.0 Å². The molecule has 1 aliphatic heterocycles. The van der Waals surface area contributed by atoms with Gasteiger partial charge in [-0.3, -0.25) is 4.90 Å². The molecule has 1 saturated carbocycles. The van der Waals surface area contributed by atoms with Gasteiger partial charge in [0.2, 0.25) is 0 Å². The molecule has 1 aromatic carbocycles. The largest absolute Gasteiger partial charge is 0.378 e. The highest BCUT2D eigenvalue weighted by molar-refractivity contribution is 6.31. The Morgan fingerprint density at radius 3 is 2.43 bits per heavy atom. The van der Waals surface area contributed by atoms with E-state index in [0.717, 1.165) is 37.1 Å². The third-order valence-corrected chi connectivity index (χ3v) is 5.79. The molecule has 4 heteroatoms. The summed E-state index contributed by atoms with van der Waals surface area (Å²) < 4.78 is 0. The molecule has 2 fully saturated rings. The number of hydrogen-bond acceptors (Lipinski definition) is 3. The van der Waals surface area contributed by atoms with Crippen LogP contribution in [-0.2, 0) is 0 Å². The lowest BCUT2D eigenvalue weighted by Crippen LogP contribution is -2.47. The molecule has 0 bridgehead atoms. The number of rotatable bonds is 4. The van der Waals surface area contributed by atoms with Gasteiger partial charge in [-0.05, 0) is 36.5 Å². The standard InChI is InChI=1S/C19H30ClN3/c1-22(2)16-8-9-17(18(20)14-16)19(15-6-4-3-5-7-15)23-12-10-21-11-13-23/h8-9,14-15,19,21H,3-7,10-13H2,1-2H3/t19-/m1/s1. The highest BCUT2D eigenvalue weighted by atomic mass is 35.5. The van der Waals surface area contributed by atoms with E-state index in [0.29, 0.717) is 6.04 Å². The number of anilines is 1. The number of benzene rings is 1. The first-order valence-electron chi connectivity index (χ1n) is 9.08. The van der Waals surface area contributed by atoms with Gasteiger partial charge in [0.1, 0.15) is 0 Å². The molecule has 0 aromatic heterocycles. The molecule has 0 spiro atoms. The van der Waals surface area contributed by atoms with Gasteiger partial charge >= 0.3 is 0 Å². The SMILES string of the molecule is CN(C)c1ccc([C@@H](C2CCCCC2)N2CCNCC2)c(Cl)c1. The molecule has 0 unspecified atom stereocenters. The summed E-state index contributed by atoms with van der Waals surface area (Å²) in [6.07, 6.45) is 6.85. The van der Waals surface area contributed by atoms with Gasteiger partial charge in [-0.2, -0.15) is 0 Å². The molecule has 1 atom stereocenters. The van der Waals surface area contributed by atoms with Gasteiger partial charge in [0.15, 0.2) is 0 Å². The van der Waals surface area contributed by atoms with Gasteiger partial charge in [-0.1, -0.05) is 36.9 Å². The number of piperazine rings is 1. The van der Waals surface area contributed by atoms with Crippen molar-refractivity contribution in [2.24, 2.45) is 5.92 Å². The van der Waals surface area contributed by atoms with E-state index in [2.05, 4.69) is 47.4 Å². The fourth-order valence-electron chi connectivity index (χ4n) is 4.19. The molecule has 1 heterocycles. The van der Waals surface area contributed by atoms with Gasteiger partial charge in [0.05, 0.1) is 0 Å². The van der Waals surface area contributed by atoms with Crippen molar-refractivity contribution >= 4 is 17.3 Å².